The van der Waals surface area contributed by atoms with E-state index in [1.165, 1.54) is 32.1 Å². The third kappa shape index (κ3) is 3.22. The van der Waals surface area contributed by atoms with Gasteiger partial charge >= 0.3 is 6.03 Å². The molecule has 1 aliphatic carbocycles. The lowest BCUT2D eigenvalue weighted by Gasteiger charge is -2.43. The topological polar surface area (TPSA) is 50.8 Å². The normalized spacial score (nSPS) is 36.7. The Kier molecular flexibility index (Phi) is 4.26. The smallest absolute Gasteiger partial charge is 0.317 e. The minimum atomic E-state index is 0.0555. The van der Waals surface area contributed by atoms with Crippen molar-refractivity contribution >= 4 is 6.03 Å². The van der Waals surface area contributed by atoms with Crippen LogP contribution in [0.5, 0.6) is 0 Å². The van der Waals surface area contributed by atoms with Crippen molar-refractivity contribution in [3.05, 3.63) is 0 Å². The van der Waals surface area contributed by atoms with Gasteiger partial charge in [-0.25, -0.2) is 4.79 Å². The molecule has 23 heavy (non-hydrogen) atoms. The van der Waals surface area contributed by atoms with E-state index >= 15 is 0 Å². The molecule has 5 nitrogen and oxygen atoms in total. The number of hydrogen-bond donors (Lipinski definition) is 1. The summed E-state index contributed by atoms with van der Waals surface area (Å²) >= 11 is 0. The van der Waals surface area contributed by atoms with Crippen LogP contribution in [0.25, 0.3) is 0 Å². The molecule has 3 aliphatic heterocycles. The van der Waals surface area contributed by atoms with Crippen molar-refractivity contribution in [3.8, 4) is 0 Å². The Hall–Kier alpha value is -0.810. The average Bonchev–Trinajstić information content (AvgIpc) is 3.19. The molecule has 2 amide bonds. The van der Waals surface area contributed by atoms with Crippen LogP contribution in [0, 0.1) is 5.41 Å². The molecule has 3 saturated heterocycles. The lowest BCUT2D eigenvalue weighted by Crippen LogP contribution is -2.52. The molecule has 0 aromatic rings. The van der Waals surface area contributed by atoms with Gasteiger partial charge in [-0.15, -0.1) is 0 Å². The van der Waals surface area contributed by atoms with Crippen LogP contribution in [-0.4, -0.2) is 55.5 Å². The summed E-state index contributed by atoms with van der Waals surface area (Å²) in [4.78, 5) is 14.7. The molecule has 2 atom stereocenters. The summed E-state index contributed by atoms with van der Waals surface area (Å²) in [6, 6.07) is 0.414. The van der Waals surface area contributed by atoms with Crippen molar-refractivity contribution in [2.24, 2.45) is 5.41 Å². The number of rotatable bonds is 1. The number of urea groups is 1. The summed E-state index contributed by atoms with van der Waals surface area (Å²) < 4.78 is 11.7. The molecule has 0 unspecified atom stereocenters. The van der Waals surface area contributed by atoms with Gasteiger partial charge < -0.3 is 19.7 Å². The zero-order chi connectivity index (χ0) is 15.8. The van der Waals surface area contributed by atoms with E-state index in [-0.39, 0.29) is 23.1 Å². The van der Waals surface area contributed by atoms with E-state index in [2.05, 4.69) is 5.32 Å². The van der Waals surface area contributed by atoms with Crippen LogP contribution in [0.2, 0.25) is 0 Å². The van der Waals surface area contributed by atoms with E-state index in [1.54, 1.807) is 0 Å². The lowest BCUT2D eigenvalue weighted by molar-refractivity contribution is -0.108. The zero-order valence-corrected chi connectivity index (χ0v) is 14.1. The first-order valence-electron chi connectivity index (χ1n) is 9.46. The quantitative estimate of drug-likeness (QED) is 0.807. The molecule has 4 aliphatic rings. The number of likely N-dealkylation sites (tertiary alicyclic amines) is 1. The van der Waals surface area contributed by atoms with Crippen LogP contribution in [0.3, 0.4) is 0 Å². The molecule has 3 heterocycles. The van der Waals surface area contributed by atoms with Gasteiger partial charge in [-0.05, 0) is 38.5 Å². The molecule has 2 spiro atoms. The minimum Gasteiger partial charge on any atom is -0.381 e. The van der Waals surface area contributed by atoms with Gasteiger partial charge in [-0.2, -0.15) is 0 Å². The van der Waals surface area contributed by atoms with Crippen molar-refractivity contribution in [1.29, 1.82) is 0 Å². The summed E-state index contributed by atoms with van der Waals surface area (Å²) in [5.41, 5.74) is 0.303. The molecule has 0 bridgehead atoms. The van der Waals surface area contributed by atoms with Crippen molar-refractivity contribution < 1.29 is 14.3 Å². The maximum Gasteiger partial charge on any atom is 0.317 e. The second-order valence-electron chi connectivity index (χ2n) is 8.21. The summed E-state index contributed by atoms with van der Waals surface area (Å²) in [5, 5.41) is 3.30. The number of ether oxygens (including phenoxy) is 2. The van der Waals surface area contributed by atoms with Gasteiger partial charge in [0.2, 0.25) is 0 Å². The zero-order valence-electron chi connectivity index (χ0n) is 14.1. The molecular weight excluding hydrogens is 292 g/mol. The Morgan fingerprint density at radius 1 is 1.09 bits per heavy atom. The maximum atomic E-state index is 12.7. The van der Waals surface area contributed by atoms with E-state index in [1.807, 2.05) is 4.90 Å². The average molecular weight is 322 g/mol. The summed E-state index contributed by atoms with van der Waals surface area (Å²) in [6.07, 6.45) is 10.4. The fourth-order valence-electron chi connectivity index (χ4n) is 5.04. The van der Waals surface area contributed by atoms with Crippen LogP contribution in [0.15, 0.2) is 0 Å². The number of nitrogens with one attached hydrogen (secondary N) is 1. The number of carbonyl (C=O) groups is 1. The van der Waals surface area contributed by atoms with Crippen LogP contribution in [-0.2, 0) is 9.47 Å². The van der Waals surface area contributed by atoms with Crippen LogP contribution < -0.4 is 5.32 Å². The molecule has 4 rings (SSSR count). The van der Waals surface area contributed by atoms with Crippen molar-refractivity contribution in [2.45, 2.75) is 69.4 Å². The molecule has 0 radical (unpaired) electrons. The van der Waals surface area contributed by atoms with Gasteiger partial charge in [0.15, 0.2) is 0 Å². The van der Waals surface area contributed by atoms with E-state index in [4.69, 9.17) is 9.47 Å². The highest BCUT2D eigenvalue weighted by Crippen LogP contribution is 2.40. The van der Waals surface area contributed by atoms with Gasteiger partial charge in [0.25, 0.3) is 0 Å². The maximum absolute atomic E-state index is 12.7. The minimum absolute atomic E-state index is 0.0555. The van der Waals surface area contributed by atoms with E-state index < -0.39 is 0 Å². The Bertz CT molecular complexity index is 436. The van der Waals surface area contributed by atoms with Crippen LogP contribution in [0.1, 0.15) is 57.8 Å². The lowest BCUT2D eigenvalue weighted by atomic mass is 9.78. The number of carbonyl (C=O) groups excluding carboxylic acids is 1. The fourth-order valence-corrected chi connectivity index (χ4v) is 5.04. The Morgan fingerprint density at radius 3 is 2.74 bits per heavy atom. The summed E-state index contributed by atoms with van der Waals surface area (Å²) in [6.45, 7) is 4.23. The Balaban J connectivity index is 1.32. The molecule has 4 fully saturated rings. The van der Waals surface area contributed by atoms with Crippen molar-refractivity contribution in [2.75, 3.05) is 32.9 Å². The van der Waals surface area contributed by atoms with Gasteiger partial charge in [0.1, 0.15) is 0 Å². The van der Waals surface area contributed by atoms with Crippen LogP contribution in [0.4, 0.5) is 4.79 Å². The first kappa shape index (κ1) is 15.7. The standard InChI is InChI=1S/C18H30N2O3/c21-16(20-9-7-17(13-20)8-11-22-14-17)19-15-4-10-23-18(12-15)5-2-1-3-6-18/h15H,1-14H2,(H,19,21)/t15-,17-/m0/s1. The van der Waals surface area contributed by atoms with Crippen LogP contribution >= 0.6 is 0 Å². The monoisotopic (exact) mass is 322 g/mol. The Morgan fingerprint density at radius 2 is 1.96 bits per heavy atom. The third-order valence-electron chi connectivity index (χ3n) is 6.50. The highest BCUT2D eigenvalue weighted by molar-refractivity contribution is 5.75. The predicted octanol–water partition coefficient (Wildman–Crippen LogP) is 2.69. The van der Waals surface area contributed by atoms with Crippen molar-refractivity contribution in [1.82, 2.24) is 10.2 Å². The van der Waals surface area contributed by atoms with Gasteiger partial charge in [-0.1, -0.05) is 19.3 Å². The first-order valence-corrected chi connectivity index (χ1v) is 9.46. The predicted molar refractivity (Wildman–Crippen MR) is 87.4 cm³/mol. The molecule has 0 aromatic heterocycles. The van der Waals surface area contributed by atoms with Gasteiger partial charge in [0.05, 0.1) is 12.2 Å². The van der Waals surface area contributed by atoms with E-state index in [9.17, 15) is 4.79 Å². The largest absolute Gasteiger partial charge is 0.381 e. The number of amides is 2. The highest BCUT2D eigenvalue weighted by Gasteiger charge is 2.44. The molecule has 0 aromatic carbocycles. The van der Waals surface area contributed by atoms with E-state index in [0.717, 1.165) is 58.6 Å². The number of hydrogen-bond acceptors (Lipinski definition) is 3. The SMILES string of the molecule is O=C(N[C@H]1CCOC2(CCCCC2)C1)N1CC[C@]2(CCOC2)C1. The highest BCUT2D eigenvalue weighted by atomic mass is 16.5. The second kappa shape index (κ2) is 6.25. The number of nitrogens with zero attached hydrogens (tertiary/aromatic N) is 1. The molecule has 5 heteroatoms. The Labute approximate surface area is 139 Å². The third-order valence-corrected chi connectivity index (χ3v) is 6.50. The van der Waals surface area contributed by atoms with Crippen molar-refractivity contribution in [3.63, 3.8) is 0 Å². The van der Waals surface area contributed by atoms with E-state index in [0.29, 0.717) is 0 Å². The van der Waals surface area contributed by atoms with Gasteiger partial charge in [0, 0.05) is 37.8 Å². The fraction of sp³-hybridized carbons (Fsp3) is 0.944. The summed E-state index contributed by atoms with van der Waals surface area (Å²) in [7, 11) is 0. The second-order valence-corrected chi connectivity index (χ2v) is 8.21. The molecule has 1 saturated carbocycles. The molecule has 130 valence electrons. The van der Waals surface area contributed by atoms with Gasteiger partial charge in [-0.3, -0.25) is 0 Å². The molecule has 1 N–H and O–H groups in total. The summed E-state index contributed by atoms with van der Waals surface area (Å²) in [5.74, 6) is 0. The first-order chi connectivity index (χ1) is 11.2. The molecular formula is C18H30N2O3.